The van der Waals surface area contributed by atoms with Gasteiger partial charge in [-0.25, -0.2) is 0 Å². The van der Waals surface area contributed by atoms with Gasteiger partial charge in [0.05, 0.1) is 5.92 Å². The zero-order valence-electron chi connectivity index (χ0n) is 13.8. The summed E-state index contributed by atoms with van der Waals surface area (Å²) in [5, 5.41) is 13.3. The van der Waals surface area contributed by atoms with Crippen LogP contribution in [-0.2, 0) is 11.3 Å². The van der Waals surface area contributed by atoms with E-state index in [1.54, 1.807) is 0 Å². The molecule has 0 unspecified atom stereocenters. The van der Waals surface area contributed by atoms with Gasteiger partial charge in [-0.15, -0.1) is 0 Å². The van der Waals surface area contributed by atoms with Crippen LogP contribution in [0.1, 0.15) is 45.6 Å². The largest absolute Gasteiger partial charge is 0.481 e. The van der Waals surface area contributed by atoms with Gasteiger partial charge < -0.3 is 10.4 Å². The average molecular weight is 301 g/mol. The minimum atomic E-state index is -0.636. The monoisotopic (exact) mass is 301 g/mol. The van der Waals surface area contributed by atoms with Crippen LogP contribution >= 0.6 is 0 Å². The molecule has 0 saturated heterocycles. The molecule has 1 aromatic carbocycles. The summed E-state index contributed by atoms with van der Waals surface area (Å²) >= 11 is 0. The van der Waals surface area contributed by atoms with Crippen LogP contribution in [0.3, 0.4) is 0 Å². The van der Waals surface area contributed by atoms with Crippen molar-refractivity contribution in [3.8, 4) is 0 Å². The van der Waals surface area contributed by atoms with Crippen molar-refractivity contribution < 1.29 is 9.90 Å². The van der Waals surface area contributed by atoms with E-state index >= 15 is 0 Å². The van der Waals surface area contributed by atoms with Crippen molar-refractivity contribution in [2.75, 3.05) is 0 Å². The lowest BCUT2D eigenvalue weighted by molar-refractivity contribution is -0.210. The van der Waals surface area contributed by atoms with Crippen LogP contribution in [-0.4, -0.2) is 17.1 Å². The van der Waals surface area contributed by atoms with E-state index in [9.17, 15) is 9.90 Å². The highest BCUT2D eigenvalue weighted by Gasteiger charge is 2.68. The van der Waals surface area contributed by atoms with Crippen LogP contribution in [0.2, 0.25) is 0 Å². The maximum atomic E-state index is 11.8. The molecule has 4 atom stereocenters. The third-order valence-corrected chi connectivity index (χ3v) is 6.77. The average Bonchev–Trinajstić information content (AvgIpc) is 2.52. The smallest absolute Gasteiger partial charge is 0.308 e. The Morgan fingerprint density at radius 3 is 2.55 bits per heavy atom. The Morgan fingerprint density at radius 1 is 1.32 bits per heavy atom. The van der Waals surface area contributed by atoms with E-state index in [1.165, 1.54) is 12.0 Å². The molecule has 0 heterocycles. The molecule has 3 aliphatic carbocycles. The second kappa shape index (κ2) is 5.38. The first-order valence-electron chi connectivity index (χ1n) is 8.42. The Hall–Kier alpha value is -1.35. The molecule has 3 nitrogen and oxygen atoms in total. The second-order valence-corrected chi connectivity index (χ2v) is 7.66. The quantitative estimate of drug-likeness (QED) is 0.872. The van der Waals surface area contributed by atoms with Crippen molar-refractivity contribution in [1.82, 2.24) is 5.32 Å². The van der Waals surface area contributed by atoms with Crippen LogP contribution in [0.25, 0.3) is 0 Å². The Labute approximate surface area is 133 Å². The predicted octanol–water partition coefficient (Wildman–Crippen LogP) is 3.69. The number of carboxylic acids is 1. The third kappa shape index (κ3) is 2.10. The van der Waals surface area contributed by atoms with Gasteiger partial charge in [0.2, 0.25) is 0 Å². The third-order valence-electron chi connectivity index (χ3n) is 6.77. The molecular formula is C19H27NO2. The number of aliphatic carboxylic acids is 1. The Kier molecular flexibility index (Phi) is 3.80. The minimum Gasteiger partial charge on any atom is -0.481 e. The molecule has 0 spiro atoms. The standard InChI is InChI=1S/C19H27NO2/c1-4-19-11-14(18(19,2)3)10-15(17(21)22)16(19)20-12-13-8-6-5-7-9-13/h5-9,14-16,20H,4,10-12H2,1-3H3,(H,21,22)/t14-,15+,16-,19+/m1/s1. The molecule has 3 aliphatic rings. The molecule has 0 aliphatic heterocycles. The number of benzene rings is 1. The van der Waals surface area contributed by atoms with Crippen molar-refractivity contribution in [2.24, 2.45) is 22.7 Å². The van der Waals surface area contributed by atoms with Gasteiger partial charge in [0.25, 0.3) is 0 Å². The molecule has 3 saturated carbocycles. The van der Waals surface area contributed by atoms with Crippen LogP contribution in [0.4, 0.5) is 0 Å². The molecule has 2 N–H and O–H groups in total. The van der Waals surface area contributed by atoms with E-state index in [1.807, 2.05) is 18.2 Å². The van der Waals surface area contributed by atoms with E-state index in [0.717, 1.165) is 19.4 Å². The fraction of sp³-hybridized carbons (Fsp3) is 0.632. The van der Waals surface area contributed by atoms with Crippen molar-refractivity contribution in [2.45, 2.75) is 52.6 Å². The van der Waals surface area contributed by atoms with E-state index in [0.29, 0.717) is 5.92 Å². The molecule has 0 aromatic heterocycles. The van der Waals surface area contributed by atoms with Crippen molar-refractivity contribution in [3.05, 3.63) is 35.9 Å². The van der Waals surface area contributed by atoms with Gasteiger partial charge in [-0.1, -0.05) is 51.1 Å². The summed E-state index contributed by atoms with van der Waals surface area (Å²) in [5.41, 5.74) is 1.58. The minimum absolute atomic E-state index is 0.0650. The van der Waals surface area contributed by atoms with Gasteiger partial charge in [0.15, 0.2) is 0 Å². The van der Waals surface area contributed by atoms with Gasteiger partial charge in [-0.3, -0.25) is 4.79 Å². The molecule has 2 bridgehead atoms. The van der Waals surface area contributed by atoms with Gasteiger partial charge in [-0.2, -0.15) is 0 Å². The summed E-state index contributed by atoms with van der Waals surface area (Å²) in [6.07, 6.45) is 3.04. The highest BCUT2D eigenvalue weighted by Crippen LogP contribution is 2.70. The van der Waals surface area contributed by atoms with Gasteiger partial charge in [0, 0.05) is 12.6 Å². The van der Waals surface area contributed by atoms with Gasteiger partial charge in [-0.05, 0) is 41.6 Å². The number of rotatable bonds is 5. The van der Waals surface area contributed by atoms with E-state index in [2.05, 4.69) is 38.2 Å². The van der Waals surface area contributed by atoms with Crippen molar-refractivity contribution >= 4 is 5.97 Å². The predicted molar refractivity (Wildman–Crippen MR) is 87.4 cm³/mol. The maximum Gasteiger partial charge on any atom is 0.308 e. The lowest BCUT2D eigenvalue weighted by atomic mass is 9.35. The summed E-state index contributed by atoms with van der Waals surface area (Å²) < 4.78 is 0. The van der Waals surface area contributed by atoms with Gasteiger partial charge >= 0.3 is 5.97 Å². The van der Waals surface area contributed by atoms with Gasteiger partial charge in [0.1, 0.15) is 0 Å². The molecule has 22 heavy (non-hydrogen) atoms. The molecule has 0 amide bonds. The highest BCUT2D eigenvalue weighted by molar-refractivity contribution is 5.72. The first-order chi connectivity index (χ1) is 10.4. The zero-order chi connectivity index (χ0) is 16.0. The molecule has 0 radical (unpaired) electrons. The SMILES string of the molecule is CC[C@]12C[C@@H](C[C@H](C(=O)O)[C@H]1NCc1ccccc1)C2(C)C. The number of hydrogen-bond acceptors (Lipinski definition) is 2. The lowest BCUT2D eigenvalue weighted by Gasteiger charge is -2.70. The van der Waals surface area contributed by atoms with Crippen LogP contribution in [0, 0.1) is 22.7 Å². The number of fused-ring (bicyclic) bond motifs is 2. The molecule has 4 rings (SSSR count). The number of nitrogens with one attached hydrogen (secondary N) is 1. The van der Waals surface area contributed by atoms with Crippen molar-refractivity contribution in [1.29, 1.82) is 0 Å². The highest BCUT2D eigenvalue weighted by atomic mass is 16.4. The zero-order valence-corrected chi connectivity index (χ0v) is 13.8. The molecule has 120 valence electrons. The van der Waals surface area contributed by atoms with Crippen LogP contribution in [0.15, 0.2) is 30.3 Å². The second-order valence-electron chi connectivity index (χ2n) is 7.66. The normalized spacial score (nSPS) is 35.7. The molecular weight excluding hydrogens is 274 g/mol. The lowest BCUT2D eigenvalue weighted by Crippen LogP contribution is -2.71. The summed E-state index contributed by atoms with van der Waals surface area (Å²) in [5.74, 6) is -0.331. The summed E-state index contributed by atoms with van der Waals surface area (Å²) in [6.45, 7) is 7.64. The summed E-state index contributed by atoms with van der Waals surface area (Å²) in [6, 6.07) is 10.3. The first-order valence-corrected chi connectivity index (χ1v) is 8.42. The van der Waals surface area contributed by atoms with E-state index in [-0.39, 0.29) is 22.8 Å². The van der Waals surface area contributed by atoms with Crippen LogP contribution < -0.4 is 5.32 Å². The Bertz CT molecular complexity index is 554. The number of carbonyl (C=O) groups is 1. The fourth-order valence-corrected chi connectivity index (χ4v) is 5.19. The summed E-state index contributed by atoms with van der Waals surface area (Å²) in [7, 11) is 0. The van der Waals surface area contributed by atoms with Crippen molar-refractivity contribution in [3.63, 3.8) is 0 Å². The van der Waals surface area contributed by atoms with Crippen LogP contribution in [0.5, 0.6) is 0 Å². The Balaban J connectivity index is 1.84. The molecule has 1 aromatic rings. The maximum absolute atomic E-state index is 11.8. The summed E-state index contributed by atoms with van der Waals surface area (Å²) in [4.78, 5) is 11.8. The molecule has 3 fully saturated rings. The van der Waals surface area contributed by atoms with E-state index in [4.69, 9.17) is 0 Å². The molecule has 3 heteroatoms. The van der Waals surface area contributed by atoms with E-state index < -0.39 is 5.97 Å². The number of carboxylic acid groups (broad SMARTS) is 1. The number of hydrogen-bond donors (Lipinski definition) is 2. The Morgan fingerprint density at radius 2 is 2.00 bits per heavy atom. The fourth-order valence-electron chi connectivity index (χ4n) is 5.19. The topological polar surface area (TPSA) is 49.3 Å². The first kappa shape index (κ1) is 15.5.